The van der Waals surface area contributed by atoms with Crippen molar-refractivity contribution in [3.05, 3.63) is 53.4 Å². The normalized spacial score (nSPS) is 25.4. The second-order valence-corrected chi connectivity index (χ2v) is 5.15. The number of aromatic nitrogens is 1. The maximum atomic E-state index is 14.7. The third-order valence-electron chi connectivity index (χ3n) is 2.93. The molecule has 106 valence electrons. The first-order valence-corrected chi connectivity index (χ1v) is 6.80. The van der Waals surface area contributed by atoms with Crippen molar-refractivity contribution < 1.29 is 23.1 Å². The third-order valence-corrected chi connectivity index (χ3v) is 3.92. The topological polar surface area (TPSA) is 50.2 Å². The summed E-state index contributed by atoms with van der Waals surface area (Å²) in [5.74, 6) is -4.86. The molecular formula is C13H10F3NO2S. The molecule has 20 heavy (non-hydrogen) atoms. The number of carboxylic acid groups (broad SMARTS) is 1. The van der Waals surface area contributed by atoms with Crippen molar-refractivity contribution in [3.63, 3.8) is 0 Å². The van der Waals surface area contributed by atoms with E-state index in [2.05, 4.69) is 4.98 Å². The number of carbonyl (C=O) groups is 1. The predicted octanol–water partition coefficient (Wildman–Crippen LogP) is 3.45. The average Bonchev–Trinajstić information content (AvgIpc) is 2.40. The molecule has 1 aromatic rings. The number of pyridine rings is 1. The molecule has 2 rings (SSSR count). The number of hydrogen-bond acceptors (Lipinski definition) is 3. The van der Waals surface area contributed by atoms with Crippen molar-refractivity contribution >= 4 is 17.7 Å². The lowest BCUT2D eigenvalue weighted by atomic mass is 9.92. The van der Waals surface area contributed by atoms with Crippen molar-refractivity contribution in [2.24, 2.45) is 0 Å². The molecule has 0 fully saturated rings. The van der Waals surface area contributed by atoms with Crippen LogP contribution in [0.15, 0.2) is 36.2 Å². The molecular weight excluding hydrogens is 291 g/mol. The number of carboxylic acids is 1. The van der Waals surface area contributed by atoms with E-state index >= 15 is 0 Å². The highest BCUT2D eigenvalue weighted by atomic mass is 32.2. The maximum Gasteiger partial charge on any atom is 0.354 e. The summed E-state index contributed by atoms with van der Waals surface area (Å²) < 4.78 is 42.4. The van der Waals surface area contributed by atoms with Gasteiger partial charge in [-0.2, -0.15) is 0 Å². The highest BCUT2D eigenvalue weighted by molar-refractivity contribution is 8.00. The zero-order valence-corrected chi connectivity index (χ0v) is 11.1. The summed E-state index contributed by atoms with van der Waals surface area (Å²) in [6.45, 7) is 0. The fourth-order valence-corrected chi connectivity index (χ4v) is 2.61. The number of thioether (sulfide) groups is 1. The van der Waals surface area contributed by atoms with Crippen LogP contribution in [0, 0.1) is 5.82 Å². The summed E-state index contributed by atoms with van der Waals surface area (Å²) in [6.07, 6.45) is 4.71. The number of allylic oxidation sites excluding steroid dienone is 3. The molecule has 1 heterocycles. The van der Waals surface area contributed by atoms with Crippen LogP contribution in [0.3, 0.4) is 0 Å². The molecule has 7 heteroatoms. The van der Waals surface area contributed by atoms with Crippen LogP contribution in [0.1, 0.15) is 22.1 Å². The van der Waals surface area contributed by atoms with Crippen LogP contribution in [-0.4, -0.2) is 27.3 Å². The monoisotopic (exact) mass is 301 g/mol. The second-order valence-electron chi connectivity index (χ2n) is 4.11. The van der Waals surface area contributed by atoms with Gasteiger partial charge in [0.2, 0.25) is 0 Å². The number of aromatic carboxylic acids is 1. The van der Waals surface area contributed by atoms with Gasteiger partial charge < -0.3 is 5.11 Å². The Bertz CT molecular complexity index is 618. The van der Waals surface area contributed by atoms with E-state index in [4.69, 9.17) is 5.11 Å². The van der Waals surface area contributed by atoms with Crippen molar-refractivity contribution in [1.82, 2.24) is 4.98 Å². The van der Waals surface area contributed by atoms with Crippen molar-refractivity contribution in [1.29, 1.82) is 0 Å². The Hall–Kier alpha value is -1.76. The Morgan fingerprint density at radius 1 is 1.45 bits per heavy atom. The first kappa shape index (κ1) is 14.6. The molecule has 2 atom stereocenters. The average molecular weight is 301 g/mol. The molecule has 0 aromatic carbocycles. The van der Waals surface area contributed by atoms with Crippen LogP contribution >= 0.6 is 11.8 Å². The van der Waals surface area contributed by atoms with Gasteiger partial charge in [-0.15, -0.1) is 11.8 Å². The fraction of sp³-hybridized carbons (Fsp3) is 0.231. The van der Waals surface area contributed by atoms with E-state index in [1.54, 1.807) is 0 Å². The Labute approximate surface area is 117 Å². The van der Waals surface area contributed by atoms with Gasteiger partial charge in [-0.1, -0.05) is 6.08 Å². The van der Waals surface area contributed by atoms with Gasteiger partial charge in [-0.05, 0) is 30.5 Å². The van der Waals surface area contributed by atoms with Gasteiger partial charge in [-0.3, -0.25) is 0 Å². The smallest absolute Gasteiger partial charge is 0.354 e. The number of alkyl halides is 1. The molecule has 3 nitrogen and oxygen atoms in total. The van der Waals surface area contributed by atoms with Gasteiger partial charge in [-0.25, -0.2) is 22.9 Å². The summed E-state index contributed by atoms with van der Waals surface area (Å²) in [7, 11) is 0. The van der Waals surface area contributed by atoms with Crippen LogP contribution in [0.25, 0.3) is 0 Å². The molecule has 0 spiro atoms. The van der Waals surface area contributed by atoms with Gasteiger partial charge in [0.25, 0.3) is 0 Å². The minimum absolute atomic E-state index is 0.466. The molecule has 1 aliphatic carbocycles. The van der Waals surface area contributed by atoms with Crippen LogP contribution in [0.4, 0.5) is 13.2 Å². The van der Waals surface area contributed by atoms with Gasteiger partial charge in [0.1, 0.15) is 23.3 Å². The molecule has 2 unspecified atom stereocenters. The zero-order valence-electron chi connectivity index (χ0n) is 10.3. The van der Waals surface area contributed by atoms with Gasteiger partial charge in [0.05, 0.1) is 5.69 Å². The summed E-state index contributed by atoms with van der Waals surface area (Å²) in [5, 5.41) is 6.63. The van der Waals surface area contributed by atoms with E-state index in [-0.39, 0.29) is 0 Å². The number of nitrogens with zero attached hydrogens (tertiary/aromatic N) is 1. The van der Waals surface area contributed by atoms with E-state index < -0.39 is 39.9 Å². The summed E-state index contributed by atoms with van der Waals surface area (Å²) >= 11 is 0.689. The first-order chi connectivity index (χ1) is 9.39. The Balaban J connectivity index is 2.59. The van der Waals surface area contributed by atoms with Crippen LogP contribution in [-0.2, 0) is 0 Å². The molecule has 1 aliphatic rings. The molecule has 0 radical (unpaired) electrons. The van der Waals surface area contributed by atoms with E-state index in [1.807, 2.05) is 0 Å². The maximum absolute atomic E-state index is 14.7. The minimum Gasteiger partial charge on any atom is -0.477 e. The summed E-state index contributed by atoms with van der Waals surface area (Å²) in [5.41, 5.74) is -1.02. The number of hydrogen-bond donors (Lipinski definition) is 1. The molecule has 0 bridgehead atoms. The predicted molar refractivity (Wildman–Crippen MR) is 69.6 cm³/mol. The molecule has 0 aliphatic heterocycles. The lowest BCUT2D eigenvalue weighted by molar-refractivity contribution is 0.0689. The summed E-state index contributed by atoms with van der Waals surface area (Å²) in [6, 6.07) is 1.79. The highest BCUT2D eigenvalue weighted by Gasteiger charge is 2.44. The Kier molecular flexibility index (Phi) is 3.89. The standard InChI is InChI=1S/C13H10F3NO2S/c1-20-13(16)6-2-3-7(14)10(13)11-8(15)4-5-9(17-11)12(18)19/h2-6,10H,1H3,(H,18,19). The minimum atomic E-state index is -2.22. The first-order valence-electron chi connectivity index (χ1n) is 5.57. The van der Waals surface area contributed by atoms with Gasteiger partial charge in [0.15, 0.2) is 5.00 Å². The molecule has 1 aromatic heterocycles. The number of halogens is 3. The lowest BCUT2D eigenvalue weighted by Gasteiger charge is -2.30. The van der Waals surface area contributed by atoms with Crippen molar-refractivity contribution in [3.8, 4) is 0 Å². The van der Waals surface area contributed by atoms with E-state index in [0.29, 0.717) is 11.8 Å². The van der Waals surface area contributed by atoms with E-state index in [1.165, 1.54) is 12.3 Å². The van der Waals surface area contributed by atoms with Gasteiger partial charge in [0, 0.05) is 0 Å². The third kappa shape index (κ3) is 2.45. The van der Waals surface area contributed by atoms with E-state index in [9.17, 15) is 18.0 Å². The second kappa shape index (κ2) is 5.32. The van der Waals surface area contributed by atoms with Gasteiger partial charge >= 0.3 is 5.97 Å². The van der Waals surface area contributed by atoms with Crippen molar-refractivity contribution in [2.75, 3.05) is 6.26 Å². The Morgan fingerprint density at radius 3 is 2.75 bits per heavy atom. The lowest BCUT2D eigenvalue weighted by Crippen LogP contribution is -2.29. The molecule has 0 saturated heterocycles. The quantitative estimate of drug-likeness (QED) is 0.929. The SMILES string of the molecule is CSC1(F)C=CC=C(F)C1c1nc(C(=O)O)ccc1F. The van der Waals surface area contributed by atoms with E-state index in [0.717, 1.165) is 24.3 Å². The highest BCUT2D eigenvalue weighted by Crippen LogP contribution is 2.47. The van der Waals surface area contributed by atoms with Crippen LogP contribution in [0.5, 0.6) is 0 Å². The van der Waals surface area contributed by atoms with Crippen LogP contribution < -0.4 is 0 Å². The summed E-state index contributed by atoms with van der Waals surface area (Å²) in [4.78, 5) is 14.4. The largest absolute Gasteiger partial charge is 0.477 e. The molecule has 1 N–H and O–H groups in total. The molecule has 0 saturated carbocycles. The van der Waals surface area contributed by atoms with Crippen molar-refractivity contribution in [2.45, 2.75) is 10.9 Å². The zero-order chi connectivity index (χ0) is 14.9. The number of rotatable bonds is 3. The fourth-order valence-electron chi connectivity index (χ4n) is 1.93. The Morgan fingerprint density at radius 2 is 2.15 bits per heavy atom. The van der Waals surface area contributed by atoms with Crippen LogP contribution in [0.2, 0.25) is 0 Å². The molecule has 0 amide bonds.